The van der Waals surface area contributed by atoms with E-state index in [0.717, 1.165) is 0 Å². The summed E-state index contributed by atoms with van der Waals surface area (Å²) in [7, 11) is 2.05. The van der Waals surface area contributed by atoms with Crippen LogP contribution in [0.2, 0.25) is 0 Å². The molecule has 0 bridgehead atoms. The monoisotopic (exact) mass is 183 g/mol. The number of likely N-dealkylation sites (N-methyl/N-ethyl adjacent to an activating group) is 1. The van der Waals surface area contributed by atoms with Crippen LogP contribution in [-0.4, -0.2) is 36.5 Å². The van der Waals surface area contributed by atoms with Gasteiger partial charge in [-0.2, -0.15) is 5.06 Å². The molecule has 13 heavy (non-hydrogen) atoms. The minimum atomic E-state index is 0.350. The molecule has 0 aromatic carbocycles. The fourth-order valence-electron chi connectivity index (χ4n) is 3.36. The van der Waals surface area contributed by atoms with Gasteiger partial charge < -0.3 is 4.74 Å². The molecule has 0 aromatic rings. The first-order valence-corrected chi connectivity index (χ1v) is 5.32. The molecule has 2 heterocycles. The van der Waals surface area contributed by atoms with Crippen molar-refractivity contribution in [3.63, 3.8) is 0 Å². The van der Waals surface area contributed by atoms with E-state index in [4.69, 9.17) is 9.57 Å². The summed E-state index contributed by atoms with van der Waals surface area (Å²) in [6, 6.07) is 0.510. The van der Waals surface area contributed by atoms with Gasteiger partial charge in [0.15, 0.2) is 0 Å². The molecule has 74 valence electrons. The van der Waals surface area contributed by atoms with E-state index < -0.39 is 0 Å². The topological polar surface area (TPSA) is 21.7 Å². The van der Waals surface area contributed by atoms with E-state index in [0.29, 0.717) is 30.3 Å². The number of ether oxygens (including phenoxy) is 1. The Bertz CT molecular complexity index is 201. The summed E-state index contributed by atoms with van der Waals surface area (Å²) in [5.41, 5.74) is 0. The van der Waals surface area contributed by atoms with E-state index in [-0.39, 0.29) is 0 Å². The van der Waals surface area contributed by atoms with E-state index >= 15 is 0 Å². The molecule has 0 aromatic heterocycles. The van der Waals surface area contributed by atoms with Crippen LogP contribution in [0, 0.1) is 5.92 Å². The predicted molar refractivity (Wildman–Crippen MR) is 48.1 cm³/mol. The second-order valence-electron chi connectivity index (χ2n) is 4.57. The van der Waals surface area contributed by atoms with Crippen LogP contribution >= 0.6 is 0 Å². The molecule has 1 aliphatic carbocycles. The Kier molecular flexibility index (Phi) is 1.70. The number of nitrogens with zero attached hydrogens (tertiary/aromatic N) is 1. The van der Waals surface area contributed by atoms with Gasteiger partial charge >= 0.3 is 0 Å². The average Bonchev–Trinajstić information content (AvgIpc) is 2.57. The maximum Gasteiger partial charge on any atom is 0.0863 e. The first kappa shape index (κ1) is 8.21. The van der Waals surface area contributed by atoms with Gasteiger partial charge in [0.1, 0.15) is 0 Å². The molecule has 1 saturated carbocycles. The molecule has 0 spiro atoms. The van der Waals surface area contributed by atoms with Crippen molar-refractivity contribution in [3.8, 4) is 0 Å². The van der Waals surface area contributed by atoms with Crippen molar-refractivity contribution in [3.05, 3.63) is 0 Å². The van der Waals surface area contributed by atoms with E-state index in [1.807, 2.05) is 12.1 Å². The third-order valence-electron chi connectivity index (χ3n) is 3.82. The van der Waals surface area contributed by atoms with E-state index in [1.54, 1.807) is 0 Å². The molecule has 3 heteroatoms. The maximum absolute atomic E-state index is 5.95. The molecule has 0 N–H and O–H groups in total. The summed E-state index contributed by atoms with van der Waals surface area (Å²) in [4.78, 5) is 5.82. The fourth-order valence-corrected chi connectivity index (χ4v) is 3.36. The van der Waals surface area contributed by atoms with Crippen LogP contribution in [0.15, 0.2) is 0 Å². The summed E-state index contributed by atoms with van der Waals surface area (Å²) >= 11 is 0. The molecule has 0 unspecified atom stereocenters. The Morgan fingerprint density at radius 3 is 2.85 bits per heavy atom. The van der Waals surface area contributed by atoms with Crippen molar-refractivity contribution in [2.75, 3.05) is 7.05 Å². The molecular formula is C10H17NO2. The third kappa shape index (κ3) is 1.01. The second-order valence-corrected chi connectivity index (χ2v) is 4.57. The highest BCUT2D eigenvalue weighted by Gasteiger charge is 2.55. The minimum absolute atomic E-state index is 0.350. The highest BCUT2D eigenvalue weighted by Crippen LogP contribution is 2.45. The first-order valence-electron chi connectivity index (χ1n) is 5.32. The lowest BCUT2D eigenvalue weighted by atomic mass is 9.81. The smallest absolute Gasteiger partial charge is 0.0863 e. The Labute approximate surface area is 78.9 Å². The molecule has 0 amide bonds. The lowest BCUT2D eigenvalue weighted by Gasteiger charge is -2.27. The highest BCUT2D eigenvalue weighted by molar-refractivity contribution is 5.01. The van der Waals surface area contributed by atoms with Gasteiger partial charge in [0.25, 0.3) is 0 Å². The Balaban J connectivity index is 1.91. The van der Waals surface area contributed by atoms with Gasteiger partial charge in [0.05, 0.1) is 24.4 Å². The normalized spacial score (nSPS) is 55.4. The van der Waals surface area contributed by atoms with Crippen LogP contribution < -0.4 is 0 Å². The van der Waals surface area contributed by atoms with Crippen molar-refractivity contribution >= 4 is 0 Å². The zero-order valence-electron chi connectivity index (χ0n) is 8.27. The SMILES string of the molecule is C[C@@H]1O[C@@H]2CCC[C@@H]3ON(C)[C@H]1[C@@H]32. The van der Waals surface area contributed by atoms with E-state index in [2.05, 4.69) is 6.92 Å². The fraction of sp³-hybridized carbons (Fsp3) is 1.00. The van der Waals surface area contributed by atoms with Crippen LogP contribution in [0.4, 0.5) is 0 Å². The number of hydrogen-bond acceptors (Lipinski definition) is 3. The van der Waals surface area contributed by atoms with Gasteiger partial charge in [-0.15, -0.1) is 0 Å². The lowest BCUT2D eigenvalue weighted by molar-refractivity contribution is -0.178. The predicted octanol–water partition coefficient (Wildman–Crippen LogP) is 1.19. The lowest BCUT2D eigenvalue weighted by Crippen LogP contribution is -2.35. The van der Waals surface area contributed by atoms with Crippen molar-refractivity contribution < 1.29 is 9.57 Å². The van der Waals surface area contributed by atoms with Gasteiger partial charge in [0.2, 0.25) is 0 Å². The summed E-state index contributed by atoms with van der Waals surface area (Å²) in [6.07, 6.45) is 4.99. The van der Waals surface area contributed by atoms with E-state index in [9.17, 15) is 0 Å². The molecule has 3 nitrogen and oxygen atoms in total. The van der Waals surface area contributed by atoms with Gasteiger partial charge in [-0.25, -0.2) is 0 Å². The largest absolute Gasteiger partial charge is 0.373 e. The van der Waals surface area contributed by atoms with Gasteiger partial charge in [-0.05, 0) is 26.2 Å². The van der Waals surface area contributed by atoms with Gasteiger partial charge in [0, 0.05) is 13.0 Å². The van der Waals surface area contributed by atoms with Crippen LogP contribution in [0.1, 0.15) is 26.2 Å². The van der Waals surface area contributed by atoms with E-state index in [1.165, 1.54) is 19.3 Å². The Morgan fingerprint density at radius 2 is 2.00 bits per heavy atom. The van der Waals surface area contributed by atoms with Crippen molar-refractivity contribution in [2.24, 2.45) is 5.92 Å². The summed E-state index contributed by atoms with van der Waals surface area (Å²) < 4.78 is 5.95. The molecule has 5 atom stereocenters. The number of hydrogen-bond donors (Lipinski definition) is 0. The highest BCUT2D eigenvalue weighted by atomic mass is 16.7. The molecule has 3 fully saturated rings. The van der Waals surface area contributed by atoms with Crippen LogP contribution in [-0.2, 0) is 9.57 Å². The number of rotatable bonds is 0. The molecular weight excluding hydrogens is 166 g/mol. The summed E-state index contributed by atoms with van der Waals surface area (Å²) in [5.74, 6) is 0.647. The summed E-state index contributed by atoms with van der Waals surface area (Å²) in [6.45, 7) is 2.17. The third-order valence-corrected chi connectivity index (χ3v) is 3.82. The zero-order valence-corrected chi connectivity index (χ0v) is 8.27. The Hall–Kier alpha value is -0.120. The van der Waals surface area contributed by atoms with Crippen molar-refractivity contribution in [1.29, 1.82) is 0 Å². The maximum atomic E-state index is 5.95. The second kappa shape index (κ2) is 2.69. The van der Waals surface area contributed by atoms with Gasteiger partial charge in [-0.3, -0.25) is 4.84 Å². The van der Waals surface area contributed by atoms with Crippen molar-refractivity contribution in [2.45, 2.75) is 50.5 Å². The zero-order chi connectivity index (χ0) is 9.00. The molecule has 2 aliphatic heterocycles. The van der Waals surface area contributed by atoms with Crippen LogP contribution in [0.25, 0.3) is 0 Å². The van der Waals surface area contributed by atoms with Crippen molar-refractivity contribution in [1.82, 2.24) is 5.06 Å². The van der Waals surface area contributed by atoms with Crippen LogP contribution in [0.3, 0.4) is 0 Å². The minimum Gasteiger partial charge on any atom is -0.373 e. The molecule has 0 radical (unpaired) electrons. The number of hydroxylamine groups is 2. The Morgan fingerprint density at radius 1 is 1.23 bits per heavy atom. The molecule has 2 saturated heterocycles. The average molecular weight is 183 g/mol. The quantitative estimate of drug-likeness (QED) is 0.563. The first-order chi connectivity index (χ1) is 6.27. The standard InChI is InChI=1S/C10H17NO2/c1-6-10-9-7(12-6)4-3-5-8(9)13-11(10)2/h6-10H,3-5H2,1-2H3/t6-,7+,8-,9+,10+/m0/s1. The molecule has 3 rings (SSSR count). The van der Waals surface area contributed by atoms with Crippen LogP contribution in [0.5, 0.6) is 0 Å². The molecule has 3 aliphatic rings. The van der Waals surface area contributed by atoms with Gasteiger partial charge in [-0.1, -0.05) is 0 Å². The summed E-state index contributed by atoms with van der Waals surface area (Å²) in [5, 5.41) is 2.03.